The van der Waals surface area contributed by atoms with Crippen LogP contribution in [0.1, 0.15) is 54.2 Å². The fourth-order valence-electron chi connectivity index (χ4n) is 3.92. The Bertz CT molecular complexity index is 1120. The van der Waals surface area contributed by atoms with Crippen LogP contribution in [-0.2, 0) is 31.6 Å². The SMILES string of the molecule is C[SiH]C.Cc1c[c-](C)c(C)c1C.Cc1cc2c(-c3ccc(C(C)(C)C)cc3)cccc2[cH-]1.[Cl-].[Cl-].[Zr+4]. The van der Waals surface area contributed by atoms with Crippen LogP contribution in [0.25, 0.3) is 21.9 Å². The predicted molar refractivity (Wildman–Crippen MR) is 148 cm³/mol. The Morgan fingerprint density at radius 1 is 0.857 bits per heavy atom. The molecule has 4 aromatic carbocycles. The number of fused-ring (bicyclic) bond motifs is 1. The van der Waals surface area contributed by atoms with Crippen molar-refractivity contribution < 1.29 is 51.0 Å². The molecule has 0 fully saturated rings. The van der Waals surface area contributed by atoms with Gasteiger partial charge in [-0.15, -0.1) is 34.5 Å². The molecule has 0 unspecified atom stereocenters. The Morgan fingerprint density at radius 3 is 1.80 bits per heavy atom. The Balaban J connectivity index is 0. The van der Waals surface area contributed by atoms with Gasteiger partial charge >= 0.3 is 26.2 Å². The third-order valence-corrected chi connectivity index (χ3v) is 6.14. The van der Waals surface area contributed by atoms with Gasteiger partial charge in [0.05, 0.1) is 0 Å². The van der Waals surface area contributed by atoms with E-state index in [1.165, 1.54) is 55.3 Å². The van der Waals surface area contributed by atoms with E-state index in [4.69, 9.17) is 0 Å². The molecule has 0 nitrogen and oxygen atoms in total. The second kappa shape index (κ2) is 16.0. The molecule has 0 aliphatic rings. The van der Waals surface area contributed by atoms with Gasteiger partial charge in [-0.3, -0.25) is 0 Å². The Labute approximate surface area is 248 Å². The Morgan fingerprint density at radius 2 is 1.40 bits per heavy atom. The summed E-state index contributed by atoms with van der Waals surface area (Å²) in [5.41, 5.74) is 11.3. The van der Waals surface area contributed by atoms with Crippen molar-refractivity contribution in [1.29, 1.82) is 0 Å². The third-order valence-electron chi connectivity index (χ3n) is 6.14. The topological polar surface area (TPSA) is 0 Å². The van der Waals surface area contributed by atoms with Crippen LogP contribution in [0.15, 0.2) is 60.7 Å². The average Bonchev–Trinajstić information content (AvgIpc) is 3.22. The zero-order valence-corrected chi connectivity index (χ0v) is 28.2. The van der Waals surface area contributed by atoms with E-state index in [1.807, 2.05) is 0 Å². The van der Waals surface area contributed by atoms with Crippen molar-refractivity contribution in [1.82, 2.24) is 0 Å². The minimum atomic E-state index is 0. The summed E-state index contributed by atoms with van der Waals surface area (Å²) in [6.45, 7) is 22.0. The third kappa shape index (κ3) is 9.81. The van der Waals surface area contributed by atoms with Crippen LogP contribution in [0, 0.1) is 34.6 Å². The monoisotopic (exact) mass is 601 g/mol. The predicted octanol–water partition coefficient (Wildman–Crippen LogP) is 3.00. The molecule has 0 spiro atoms. The summed E-state index contributed by atoms with van der Waals surface area (Å²) in [6, 6.07) is 22.3. The Kier molecular flexibility index (Phi) is 16.6. The number of halogens is 2. The number of rotatable bonds is 1. The van der Waals surface area contributed by atoms with Crippen molar-refractivity contribution in [3.8, 4) is 11.1 Å². The van der Waals surface area contributed by atoms with E-state index in [2.05, 4.69) is 129 Å². The second-order valence-electron chi connectivity index (χ2n) is 10.0. The normalized spacial score (nSPS) is 10.0. The molecule has 187 valence electrons. The van der Waals surface area contributed by atoms with E-state index < -0.39 is 0 Å². The summed E-state index contributed by atoms with van der Waals surface area (Å²) in [7, 11) is 0.750. The molecule has 1 radical (unpaired) electrons. The van der Waals surface area contributed by atoms with Crippen molar-refractivity contribution in [2.45, 2.75) is 73.9 Å². The molecule has 4 aromatic rings. The summed E-state index contributed by atoms with van der Waals surface area (Å²) in [4.78, 5) is 0. The van der Waals surface area contributed by atoms with E-state index in [9.17, 15) is 0 Å². The summed E-state index contributed by atoms with van der Waals surface area (Å²) >= 11 is 0. The molecular weight excluding hydrogens is 563 g/mol. The fraction of sp³-hybridized carbons (Fsp3) is 0.355. The number of aryl methyl sites for hydroxylation is 3. The summed E-state index contributed by atoms with van der Waals surface area (Å²) < 4.78 is 0. The van der Waals surface area contributed by atoms with Crippen molar-refractivity contribution >= 4 is 20.3 Å². The minimum absolute atomic E-state index is 0. The van der Waals surface area contributed by atoms with Gasteiger partial charge in [0, 0.05) is 9.52 Å². The van der Waals surface area contributed by atoms with Gasteiger partial charge in [-0.05, 0) is 16.5 Å². The zero-order chi connectivity index (χ0) is 24.1. The molecule has 0 aromatic heterocycles. The van der Waals surface area contributed by atoms with Crippen molar-refractivity contribution in [3.63, 3.8) is 0 Å². The van der Waals surface area contributed by atoms with Gasteiger partial charge < -0.3 is 24.8 Å². The molecule has 0 heterocycles. The van der Waals surface area contributed by atoms with E-state index in [0.717, 1.165) is 9.52 Å². The molecule has 4 heteroatoms. The molecule has 0 saturated heterocycles. The molecule has 0 amide bonds. The van der Waals surface area contributed by atoms with E-state index in [1.54, 1.807) is 0 Å². The number of benzene rings is 2. The summed E-state index contributed by atoms with van der Waals surface area (Å²) in [5, 5.41) is 2.69. The van der Waals surface area contributed by atoms with Crippen LogP contribution < -0.4 is 24.8 Å². The van der Waals surface area contributed by atoms with Gasteiger partial charge in [-0.2, -0.15) is 34.4 Å². The maximum absolute atomic E-state index is 2.28. The van der Waals surface area contributed by atoms with Crippen molar-refractivity contribution in [2.75, 3.05) is 0 Å². The molecule has 35 heavy (non-hydrogen) atoms. The first kappa shape index (κ1) is 36.2. The molecular formula is C31H41Cl2SiZr. The standard InChI is InChI=1S/C20H21.C9H13.C2H7Si.2ClH.Zr/c1-14-12-16-6-5-7-18(19(16)13-14)15-8-10-17(11-9-15)20(2,3)4;1-6-5-7(2)9(4)8(6)3;1-3-2;;;/h5-13H,1-4H3;5H,1-4H3;3H,1-2H3;2*1H;/q2*-1;;;;+4/p-2. The average molecular weight is 604 g/mol. The van der Waals surface area contributed by atoms with Gasteiger partial charge in [0.1, 0.15) is 0 Å². The minimum Gasteiger partial charge on any atom is -1.00 e. The molecule has 0 saturated carbocycles. The van der Waals surface area contributed by atoms with Crippen molar-refractivity contribution in [3.05, 3.63) is 94.0 Å². The summed E-state index contributed by atoms with van der Waals surface area (Å²) in [5.74, 6) is 0. The molecule has 0 aliphatic heterocycles. The quantitative estimate of drug-likeness (QED) is 0.232. The van der Waals surface area contributed by atoms with Crippen LogP contribution >= 0.6 is 0 Å². The first-order chi connectivity index (χ1) is 15.0. The molecule has 0 atom stereocenters. The first-order valence-corrected chi connectivity index (χ1v) is 14.0. The molecule has 0 N–H and O–H groups in total. The molecule has 4 rings (SSSR count). The van der Waals surface area contributed by atoms with Gasteiger partial charge in [0.15, 0.2) is 0 Å². The van der Waals surface area contributed by atoms with Crippen LogP contribution in [0.4, 0.5) is 0 Å². The maximum atomic E-state index is 2.28. The fourth-order valence-corrected chi connectivity index (χ4v) is 3.92. The maximum Gasteiger partial charge on any atom is 4.00 e. The van der Waals surface area contributed by atoms with E-state index >= 15 is 0 Å². The van der Waals surface area contributed by atoms with Crippen LogP contribution in [0.5, 0.6) is 0 Å². The van der Waals surface area contributed by atoms with E-state index in [0.29, 0.717) is 0 Å². The molecule has 0 aliphatic carbocycles. The molecule has 0 bridgehead atoms. The second-order valence-corrected chi connectivity index (χ2v) is 11.2. The van der Waals surface area contributed by atoms with Crippen LogP contribution in [0.2, 0.25) is 13.1 Å². The first-order valence-electron chi connectivity index (χ1n) is 11.7. The number of hydrogen-bond donors (Lipinski definition) is 0. The van der Waals surface area contributed by atoms with Crippen LogP contribution in [-0.4, -0.2) is 9.52 Å². The smallest absolute Gasteiger partial charge is 1.00 e. The summed E-state index contributed by atoms with van der Waals surface area (Å²) in [6.07, 6.45) is 0. The zero-order valence-electron chi connectivity index (χ0n) is 23.1. The van der Waals surface area contributed by atoms with Gasteiger partial charge in [0.2, 0.25) is 0 Å². The van der Waals surface area contributed by atoms with E-state index in [-0.39, 0.29) is 56.4 Å². The Hall–Kier alpha value is -0.920. The van der Waals surface area contributed by atoms with Crippen molar-refractivity contribution in [2.24, 2.45) is 0 Å². The van der Waals surface area contributed by atoms with Crippen LogP contribution in [0.3, 0.4) is 0 Å². The number of hydrogen-bond acceptors (Lipinski definition) is 0. The van der Waals surface area contributed by atoms with Gasteiger partial charge in [-0.25, -0.2) is 0 Å². The van der Waals surface area contributed by atoms with Gasteiger partial charge in [-0.1, -0.05) is 104 Å². The van der Waals surface area contributed by atoms with Gasteiger partial charge in [0.25, 0.3) is 0 Å². The largest absolute Gasteiger partial charge is 4.00 e.